The molecule has 2 atom stereocenters. The molecule has 0 aliphatic carbocycles. The van der Waals surface area contributed by atoms with Gasteiger partial charge in [0.15, 0.2) is 0 Å². The van der Waals surface area contributed by atoms with Gasteiger partial charge in [0, 0.05) is 30.3 Å². The summed E-state index contributed by atoms with van der Waals surface area (Å²) >= 11 is 5.81. The van der Waals surface area contributed by atoms with Crippen LogP contribution in [0.1, 0.15) is 24.4 Å². The topological polar surface area (TPSA) is 38.5 Å². The molecule has 1 fully saturated rings. The highest BCUT2D eigenvalue weighted by atomic mass is 35.5. The van der Waals surface area contributed by atoms with Crippen LogP contribution in [-0.4, -0.2) is 37.7 Å². The van der Waals surface area contributed by atoms with E-state index < -0.39 is 0 Å². The predicted molar refractivity (Wildman–Crippen MR) is 74.8 cm³/mol. The maximum atomic E-state index is 14.1. The molecule has 0 saturated carbocycles. The first kappa shape index (κ1) is 14.7. The van der Waals surface area contributed by atoms with Crippen LogP contribution >= 0.6 is 11.6 Å². The van der Waals surface area contributed by atoms with Crippen molar-refractivity contribution in [3.05, 3.63) is 34.6 Å². The summed E-state index contributed by atoms with van der Waals surface area (Å²) in [5, 5.41) is 0.411. The molecule has 0 bridgehead atoms. The molecule has 2 rings (SSSR count). The Morgan fingerprint density at radius 2 is 2.32 bits per heavy atom. The quantitative estimate of drug-likeness (QED) is 0.925. The van der Waals surface area contributed by atoms with Crippen molar-refractivity contribution in [2.24, 2.45) is 5.73 Å². The van der Waals surface area contributed by atoms with E-state index in [4.69, 9.17) is 22.1 Å². The smallest absolute Gasteiger partial charge is 0.129 e. The lowest BCUT2D eigenvalue weighted by atomic mass is 9.90. The van der Waals surface area contributed by atoms with Crippen LogP contribution < -0.4 is 5.73 Å². The van der Waals surface area contributed by atoms with Crippen LogP contribution in [0.15, 0.2) is 18.2 Å². The fourth-order valence-corrected chi connectivity index (χ4v) is 2.88. The summed E-state index contributed by atoms with van der Waals surface area (Å²) in [6.07, 6.45) is 1.95. The molecule has 1 saturated heterocycles. The molecular weight excluding hydrogens is 267 g/mol. The molecule has 0 spiro atoms. The number of nitrogens with two attached hydrogens (primary N) is 1. The molecular formula is C14H20ClFN2O. The summed E-state index contributed by atoms with van der Waals surface area (Å²) in [5.41, 5.74) is 6.83. The van der Waals surface area contributed by atoms with Crippen molar-refractivity contribution < 1.29 is 9.13 Å². The zero-order chi connectivity index (χ0) is 13.8. The lowest BCUT2D eigenvalue weighted by molar-refractivity contribution is 0.0831. The summed E-state index contributed by atoms with van der Waals surface area (Å²) in [4.78, 5) is 2.20. The van der Waals surface area contributed by atoms with E-state index in [-0.39, 0.29) is 17.9 Å². The van der Waals surface area contributed by atoms with Gasteiger partial charge in [0.1, 0.15) is 5.82 Å². The second-order valence-corrected chi connectivity index (χ2v) is 5.38. The maximum Gasteiger partial charge on any atom is 0.129 e. The first-order valence-corrected chi connectivity index (χ1v) is 6.95. The summed E-state index contributed by atoms with van der Waals surface area (Å²) in [6.45, 7) is 2.30. The lowest BCUT2D eigenvalue weighted by Gasteiger charge is -2.40. The monoisotopic (exact) mass is 286 g/mol. The van der Waals surface area contributed by atoms with Crippen molar-refractivity contribution in [3.8, 4) is 0 Å². The van der Waals surface area contributed by atoms with Crippen molar-refractivity contribution in [2.45, 2.75) is 24.9 Å². The second kappa shape index (κ2) is 6.66. The standard InChI is InChI=1S/C14H20ClFN2O/c1-19-8-7-18-6-2-3-13(17)14(18)11-5-4-10(15)9-12(11)16/h4-5,9,13-14H,2-3,6-8,17H2,1H3. The molecule has 0 aromatic heterocycles. The van der Waals surface area contributed by atoms with E-state index in [0.717, 1.165) is 25.9 Å². The Morgan fingerprint density at radius 1 is 1.53 bits per heavy atom. The minimum atomic E-state index is -0.280. The largest absolute Gasteiger partial charge is 0.383 e. The minimum Gasteiger partial charge on any atom is -0.383 e. The Bertz CT molecular complexity index is 430. The Balaban J connectivity index is 2.25. The van der Waals surface area contributed by atoms with Gasteiger partial charge in [0.2, 0.25) is 0 Å². The van der Waals surface area contributed by atoms with Crippen LogP contribution in [0.25, 0.3) is 0 Å². The number of methoxy groups -OCH3 is 1. The highest BCUT2D eigenvalue weighted by Crippen LogP contribution is 2.32. The van der Waals surface area contributed by atoms with E-state index in [1.54, 1.807) is 19.2 Å². The van der Waals surface area contributed by atoms with Crippen LogP contribution in [-0.2, 0) is 4.74 Å². The number of hydrogen-bond donors (Lipinski definition) is 1. The van der Waals surface area contributed by atoms with Crippen molar-refractivity contribution in [1.82, 2.24) is 4.90 Å². The zero-order valence-electron chi connectivity index (χ0n) is 11.1. The number of hydrogen-bond acceptors (Lipinski definition) is 3. The van der Waals surface area contributed by atoms with Gasteiger partial charge in [0.25, 0.3) is 0 Å². The Labute approximate surface area is 118 Å². The molecule has 1 aliphatic rings. The molecule has 3 nitrogen and oxygen atoms in total. The van der Waals surface area contributed by atoms with Gasteiger partial charge in [0.05, 0.1) is 12.6 Å². The molecule has 0 radical (unpaired) electrons. The molecule has 2 unspecified atom stereocenters. The number of likely N-dealkylation sites (tertiary alicyclic amines) is 1. The van der Waals surface area contributed by atoms with E-state index in [0.29, 0.717) is 17.2 Å². The second-order valence-electron chi connectivity index (χ2n) is 4.95. The van der Waals surface area contributed by atoms with E-state index in [1.165, 1.54) is 6.07 Å². The molecule has 1 heterocycles. The van der Waals surface area contributed by atoms with Gasteiger partial charge in [-0.3, -0.25) is 4.90 Å². The third kappa shape index (κ3) is 3.45. The summed E-state index contributed by atoms with van der Waals surface area (Å²) in [7, 11) is 1.67. The molecule has 0 amide bonds. The van der Waals surface area contributed by atoms with E-state index in [2.05, 4.69) is 4.90 Å². The van der Waals surface area contributed by atoms with Crippen molar-refractivity contribution >= 4 is 11.6 Å². The third-order valence-corrected chi connectivity index (χ3v) is 3.88. The van der Waals surface area contributed by atoms with E-state index in [1.807, 2.05) is 0 Å². The molecule has 1 aromatic rings. The Kier molecular flexibility index (Phi) is 5.16. The van der Waals surface area contributed by atoms with Gasteiger partial charge in [-0.25, -0.2) is 4.39 Å². The van der Waals surface area contributed by atoms with Crippen molar-refractivity contribution in [2.75, 3.05) is 26.8 Å². The summed E-state index contributed by atoms with van der Waals surface area (Å²) in [6, 6.07) is 4.66. The van der Waals surface area contributed by atoms with Gasteiger partial charge in [-0.1, -0.05) is 17.7 Å². The number of piperidine rings is 1. The number of rotatable bonds is 4. The third-order valence-electron chi connectivity index (χ3n) is 3.65. The zero-order valence-corrected chi connectivity index (χ0v) is 11.9. The Morgan fingerprint density at radius 3 is 3.00 bits per heavy atom. The Hall–Kier alpha value is -0.680. The highest BCUT2D eigenvalue weighted by Gasteiger charge is 2.31. The SMILES string of the molecule is COCCN1CCCC(N)C1c1ccc(Cl)cc1F. The molecule has 2 N–H and O–H groups in total. The number of ether oxygens (including phenoxy) is 1. The average molecular weight is 287 g/mol. The maximum absolute atomic E-state index is 14.1. The molecule has 5 heteroatoms. The van der Waals surface area contributed by atoms with Crippen LogP contribution in [0.4, 0.5) is 4.39 Å². The average Bonchev–Trinajstić information content (AvgIpc) is 2.37. The first-order chi connectivity index (χ1) is 9.13. The van der Waals surface area contributed by atoms with Gasteiger partial charge in [-0.05, 0) is 31.5 Å². The lowest BCUT2D eigenvalue weighted by Crippen LogP contribution is -2.47. The van der Waals surface area contributed by atoms with Crippen LogP contribution in [0, 0.1) is 5.82 Å². The van der Waals surface area contributed by atoms with Gasteiger partial charge in [-0.2, -0.15) is 0 Å². The summed E-state index contributed by atoms with van der Waals surface area (Å²) < 4.78 is 19.2. The number of halogens is 2. The highest BCUT2D eigenvalue weighted by molar-refractivity contribution is 6.30. The number of benzene rings is 1. The summed E-state index contributed by atoms with van der Waals surface area (Å²) in [5.74, 6) is -0.280. The molecule has 1 aliphatic heterocycles. The van der Waals surface area contributed by atoms with Gasteiger partial charge in [-0.15, -0.1) is 0 Å². The first-order valence-electron chi connectivity index (χ1n) is 6.57. The molecule has 106 valence electrons. The minimum absolute atomic E-state index is 0.0544. The molecule has 19 heavy (non-hydrogen) atoms. The van der Waals surface area contributed by atoms with E-state index >= 15 is 0 Å². The van der Waals surface area contributed by atoms with Crippen LogP contribution in [0.5, 0.6) is 0 Å². The fraction of sp³-hybridized carbons (Fsp3) is 0.571. The normalized spacial score (nSPS) is 24.6. The van der Waals surface area contributed by atoms with Crippen molar-refractivity contribution in [3.63, 3.8) is 0 Å². The van der Waals surface area contributed by atoms with Gasteiger partial charge >= 0.3 is 0 Å². The van der Waals surface area contributed by atoms with Gasteiger partial charge < -0.3 is 10.5 Å². The fourth-order valence-electron chi connectivity index (χ4n) is 2.73. The van der Waals surface area contributed by atoms with Crippen LogP contribution in [0.3, 0.4) is 0 Å². The van der Waals surface area contributed by atoms with Crippen LogP contribution in [0.2, 0.25) is 5.02 Å². The van der Waals surface area contributed by atoms with E-state index in [9.17, 15) is 4.39 Å². The molecule has 1 aromatic carbocycles. The van der Waals surface area contributed by atoms with Crippen molar-refractivity contribution in [1.29, 1.82) is 0 Å². The predicted octanol–water partition coefficient (Wildman–Crippen LogP) is 2.59. The number of nitrogens with zero attached hydrogens (tertiary/aromatic N) is 1.